The number of aromatic nitrogens is 2. The molecule has 2 aromatic heterocycles. The fourth-order valence-corrected chi connectivity index (χ4v) is 4.30. The second-order valence-corrected chi connectivity index (χ2v) is 7.03. The van der Waals surface area contributed by atoms with E-state index in [0.717, 1.165) is 24.9 Å². The Morgan fingerprint density at radius 2 is 1.96 bits per heavy atom. The highest BCUT2D eigenvalue weighted by molar-refractivity contribution is 8.04. The lowest BCUT2D eigenvalue weighted by Crippen LogP contribution is -2.43. The van der Waals surface area contributed by atoms with Gasteiger partial charge in [-0.25, -0.2) is 4.98 Å². The van der Waals surface area contributed by atoms with Crippen molar-refractivity contribution in [2.45, 2.75) is 30.1 Å². The predicted molar refractivity (Wildman–Crippen MR) is 103 cm³/mol. The minimum Gasteiger partial charge on any atom is -0.349 e. The molecule has 11 heteroatoms. The quantitative estimate of drug-likeness (QED) is 0.750. The molecule has 1 saturated heterocycles. The predicted octanol–water partition coefficient (Wildman–Crippen LogP) is 3.43. The lowest BCUT2D eigenvalue weighted by molar-refractivity contribution is -0.118. The molecule has 0 unspecified atom stereocenters. The summed E-state index contributed by atoms with van der Waals surface area (Å²) >= 11 is 0.841. The molecule has 4 heterocycles. The molecule has 1 fully saturated rings. The van der Waals surface area contributed by atoms with Gasteiger partial charge in [0.2, 0.25) is 0 Å². The van der Waals surface area contributed by atoms with Gasteiger partial charge in [0.15, 0.2) is 0 Å². The SMILES string of the molecule is Cl.Cl.O=C(NC1CCNCC1)C1=C(C(F)(F)F)c2cnc3cccc(n23)S1. The molecule has 0 atom stereocenters. The summed E-state index contributed by atoms with van der Waals surface area (Å²) in [7, 11) is 0. The van der Waals surface area contributed by atoms with Crippen LogP contribution in [0.25, 0.3) is 11.2 Å². The van der Waals surface area contributed by atoms with E-state index in [0.29, 0.717) is 23.5 Å². The maximum Gasteiger partial charge on any atom is 0.419 e. The highest BCUT2D eigenvalue weighted by Crippen LogP contribution is 2.46. The van der Waals surface area contributed by atoms with Crippen molar-refractivity contribution >= 4 is 53.7 Å². The Morgan fingerprint density at radius 1 is 1.26 bits per heavy atom. The Hall–Kier alpha value is -1.42. The second-order valence-electron chi connectivity index (χ2n) is 6.00. The Kier molecular flexibility index (Phi) is 6.72. The molecule has 27 heavy (non-hydrogen) atoms. The fraction of sp³-hybridized carbons (Fsp3) is 0.375. The third-order valence-corrected chi connectivity index (χ3v) is 5.47. The first-order chi connectivity index (χ1) is 11.9. The second kappa shape index (κ2) is 8.30. The molecule has 0 spiro atoms. The number of nitrogens with one attached hydrogen (secondary N) is 2. The summed E-state index contributed by atoms with van der Waals surface area (Å²) in [5, 5.41) is 6.47. The first-order valence-corrected chi connectivity index (χ1v) is 8.74. The number of pyridine rings is 1. The van der Waals surface area contributed by atoms with Crippen LogP contribution in [0, 0.1) is 0 Å². The minimum atomic E-state index is -4.64. The average Bonchev–Trinajstić information content (AvgIpc) is 3.00. The maximum atomic E-state index is 13.7. The Morgan fingerprint density at radius 3 is 2.63 bits per heavy atom. The molecule has 1 amide bonds. The molecule has 0 aromatic carbocycles. The summed E-state index contributed by atoms with van der Waals surface area (Å²) < 4.78 is 42.6. The van der Waals surface area contributed by atoms with Crippen LogP contribution in [0.3, 0.4) is 0 Å². The van der Waals surface area contributed by atoms with Crippen LogP contribution in [0.4, 0.5) is 13.2 Å². The van der Waals surface area contributed by atoms with Crippen molar-refractivity contribution in [2.24, 2.45) is 0 Å². The number of hydrogen-bond donors (Lipinski definition) is 2. The molecule has 0 radical (unpaired) electrons. The number of carbonyl (C=O) groups excluding carboxylic acids is 1. The third-order valence-electron chi connectivity index (χ3n) is 4.35. The van der Waals surface area contributed by atoms with Gasteiger partial charge in [0.25, 0.3) is 5.91 Å². The van der Waals surface area contributed by atoms with Crippen LogP contribution in [-0.4, -0.2) is 40.6 Å². The summed E-state index contributed by atoms with van der Waals surface area (Å²) in [5.74, 6) is -0.673. The van der Waals surface area contributed by atoms with Gasteiger partial charge in [0, 0.05) is 6.04 Å². The first-order valence-electron chi connectivity index (χ1n) is 7.93. The average molecular weight is 441 g/mol. The van der Waals surface area contributed by atoms with Crippen molar-refractivity contribution in [2.75, 3.05) is 13.1 Å². The Balaban J connectivity index is 0.00000131. The molecular formula is C16H17Cl2F3N4OS. The smallest absolute Gasteiger partial charge is 0.349 e. The summed E-state index contributed by atoms with van der Waals surface area (Å²) in [6, 6.07) is 4.93. The van der Waals surface area contributed by atoms with E-state index in [2.05, 4.69) is 15.6 Å². The maximum absolute atomic E-state index is 13.7. The van der Waals surface area contributed by atoms with Crippen molar-refractivity contribution in [3.05, 3.63) is 35.0 Å². The number of nitrogens with zero attached hydrogens (tertiary/aromatic N) is 2. The number of allylic oxidation sites excluding steroid dienone is 1. The van der Waals surface area contributed by atoms with Crippen LogP contribution in [0.2, 0.25) is 0 Å². The molecule has 0 saturated carbocycles. The standard InChI is InChI=1S/C16H15F3N4OS.2ClH/c17-16(18,19)13-10-8-21-11-2-1-3-12(23(10)11)25-14(13)15(24)22-9-4-6-20-7-5-9;;/h1-3,8-9,20H,4-7H2,(H,22,24);2*1H. The van der Waals surface area contributed by atoms with Crippen LogP contribution < -0.4 is 10.6 Å². The molecule has 0 bridgehead atoms. The lowest BCUT2D eigenvalue weighted by atomic mass is 10.1. The van der Waals surface area contributed by atoms with E-state index in [1.165, 1.54) is 10.6 Å². The van der Waals surface area contributed by atoms with Gasteiger partial charge in [-0.05, 0) is 38.1 Å². The van der Waals surface area contributed by atoms with Crippen LogP contribution in [0.15, 0.2) is 34.3 Å². The van der Waals surface area contributed by atoms with Crippen molar-refractivity contribution in [3.8, 4) is 0 Å². The molecule has 4 rings (SSSR count). The Labute approximate surface area is 170 Å². The number of halogens is 5. The van der Waals surface area contributed by atoms with Crippen LogP contribution >= 0.6 is 36.6 Å². The summed E-state index contributed by atoms with van der Waals surface area (Å²) in [4.78, 5) is 16.4. The van der Waals surface area contributed by atoms with Crippen molar-refractivity contribution in [3.63, 3.8) is 0 Å². The number of imidazole rings is 1. The number of rotatable bonds is 2. The molecule has 2 aromatic rings. The molecular weight excluding hydrogens is 424 g/mol. The topological polar surface area (TPSA) is 58.4 Å². The zero-order chi connectivity index (χ0) is 17.6. The molecule has 2 aliphatic rings. The van der Waals surface area contributed by atoms with Crippen LogP contribution in [0.5, 0.6) is 0 Å². The van der Waals surface area contributed by atoms with Gasteiger partial charge < -0.3 is 10.6 Å². The van der Waals surface area contributed by atoms with E-state index < -0.39 is 17.7 Å². The normalized spacial score (nSPS) is 17.3. The van der Waals surface area contributed by atoms with Gasteiger partial charge in [0.1, 0.15) is 11.2 Å². The van der Waals surface area contributed by atoms with E-state index in [4.69, 9.17) is 0 Å². The lowest BCUT2D eigenvalue weighted by Gasteiger charge is -2.26. The monoisotopic (exact) mass is 440 g/mol. The number of hydrogen-bond acceptors (Lipinski definition) is 4. The third kappa shape index (κ3) is 4.06. The van der Waals surface area contributed by atoms with Crippen molar-refractivity contribution in [1.29, 1.82) is 0 Å². The highest BCUT2D eigenvalue weighted by Gasteiger charge is 2.43. The van der Waals surface area contributed by atoms with Crippen molar-refractivity contribution < 1.29 is 18.0 Å². The fourth-order valence-electron chi connectivity index (χ4n) is 3.19. The molecule has 5 nitrogen and oxygen atoms in total. The van der Waals surface area contributed by atoms with E-state index in [-0.39, 0.29) is 41.5 Å². The van der Waals surface area contributed by atoms with Gasteiger partial charge in [0.05, 0.1) is 21.8 Å². The highest BCUT2D eigenvalue weighted by atomic mass is 35.5. The minimum absolute atomic E-state index is 0. The van der Waals surface area contributed by atoms with Gasteiger partial charge in [-0.1, -0.05) is 17.8 Å². The summed E-state index contributed by atoms with van der Waals surface area (Å²) in [6.45, 7) is 1.49. The Bertz CT molecular complexity index is 878. The number of alkyl halides is 3. The zero-order valence-corrected chi connectivity index (χ0v) is 16.3. The van der Waals surface area contributed by atoms with Gasteiger partial charge in [-0.2, -0.15) is 13.2 Å². The summed E-state index contributed by atoms with van der Waals surface area (Å²) in [6.07, 6.45) is -2.05. The van der Waals surface area contributed by atoms with E-state index in [1.54, 1.807) is 18.2 Å². The van der Waals surface area contributed by atoms with Gasteiger partial charge in [-0.15, -0.1) is 24.8 Å². The van der Waals surface area contributed by atoms with E-state index >= 15 is 0 Å². The van der Waals surface area contributed by atoms with Crippen molar-refractivity contribution in [1.82, 2.24) is 20.0 Å². The number of carbonyl (C=O) groups is 1. The molecule has 2 aliphatic heterocycles. The van der Waals surface area contributed by atoms with Crippen LogP contribution in [-0.2, 0) is 4.79 Å². The molecule has 0 aliphatic carbocycles. The van der Waals surface area contributed by atoms with Crippen LogP contribution in [0.1, 0.15) is 18.5 Å². The van der Waals surface area contributed by atoms with E-state index in [9.17, 15) is 18.0 Å². The molecule has 148 valence electrons. The van der Waals surface area contributed by atoms with Gasteiger partial charge >= 0.3 is 6.18 Å². The van der Waals surface area contributed by atoms with Gasteiger partial charge in [-0.3, -0.25) is 9.20 Å². The first kappa shape index (κ1) is 21.9. The van der Waals surface area contributed by atoms with E-state index in [1.807, 2.05) is 0 Å². The molecule has 2 N–H and O–H groups in total. The number of piperidine rings is 1. The zero-order valence-electron chi connectivity index (χ0n) is 13.9. The number of thioether (sulfide) groups is 1. The summed E-state index contributed by atoms with van der Waals surface area (Å²) in [5.41, 5.74) is -0.581. The number of amides is 1. The largest absolute Gasteiger partial charge is 0.419 e.